The van der Waals surface area contributed by atoms with Crippen LogP contribution in [0.5, 0.6) is 0 Å². The Balaban J connectivity index is 2.90. The van der Waals surface area contributed by atoms with Crippen LogP contribution in [0, 0.1) is 0 Å². The van der Waals surface area contributed by atoms with E-state index in [9.17, 15) is 4.79 Å². The number of hydrogen-bond donors (Lipinski definition) is 2. The van der Waals surface area contributed by atoms with E-state index in [4.69, 9.17) is 11.5 Å². The molecule has 0 atom stereocenters. The molecule has 1 heterocycles. The maximum Gasteiger partial charge on any atom is 0.236 e. The highest BCUT2D eigenvalue weighted by atomic mass is 16.1. The largest absolute Gasteiger partial charge is 0.368 e. The van der Waals surface area contributed by atoms with Gasteiger partial charge in [-0.15, -0.1) is 0 Å². The summed E-state index contributed by atoms with van der Waals surface area (Å²) in [5.74, 6) is -0.340. The van der Waals surface area contributed by atoms with Gasteiger partial charge in [-0.05, 0) is 18.1 Å². The van der Waals surface area contributed by atoms with Crippen LogP contribution in [0.25, 0.3) is 0 Å². The van der Waals surface area contributed by atoms with Gasteiger partial charge in [-0.25, -0.2) is 0 Å². The predicted octanol–water partition coefficient (Wildman–Crippen LogP) is 0.632. The maximum absolute atomic E-state index is 11.1. The summed E-state index contributed by atoms with van der Waals surface area (Å²) in [5.41, 5.74) is 12.8. The molecule has 17 heavy (non-hydrogen) atoms. The Kier molecular flexibility index (Phi) is 5.42. The van der Waals surface area contributed by atoms with Crippen molar-refractivity contribution in [2.75, 3.05) is 18.0 Å². The average molecular weight is 236 g/mol. The van der Waals surface area contributed by atoms with Crippen molar-refractivity contribution < 1.29 is 4.79 Å². The fourth-order valence-electron chi connectivity index (χ4n) is 1.69. The average Bonchev–Trinajstić information content (AvgIpc) is 2.34. The molecule has 0 saturated carbocycles. The minimum absolute atomic E-state index is 0.207. The van der Waals surface area contributed by atoms with Gasteiger partial charge in [0.25, 0.3) is 0 Å². The Morgan fingerprint density at radius 3 is 2.88 bits per heavy atom. The molecule has 1 aromatic rings. The second-order valence-electron chi connectivity index (χ2n) is 3.95. The summed E-state index contributed by atoms with van der Waals surface area (Å²) in [6, 6.07) is 1.87. The van der Waals surface area contributed by atoms with Crippen molar-refractivity contribution in [1.29, 1.82) is 0 Å². The molecular weight excluding hydrogens is 216 g/mol. The molecule has 0 bridgehead atoms. The number of anilines is 1. The molecule has 1 rings (SSSR count). The number of carbonyl (C=O) groups excluding carboxylic acids is 1. The van der Waals surface area contributed by atoms with Crippen LogP contribution < -0.4 is 16.4 Å². The zero-order valence-electron chi connectivity index (χ0n) is 10.2. The summed E-state index contributed by atoms with van der Waals surface area (Å²) < 4.78 is 0. The molecule has 1 amide bonds. The smallest absolute Gasteiger partial charge is 0.236 e. The number of nitrogens with zero attached hydrogens (tertiary/aromatic N) is 2. The highest BCUT2D eigenvalue weighted by molar-refractivity contribution is 5.79. The molecule has 1 aromatic heterocycles. The Bertz CT molecular complexity index is 367. The Hall–Kier alpha value is -1.62. The van der Waals surface area contributed by atoms with E-state index in [0.717, 1.165) is 30.6 Å². The van der Waals surface area contributed by atoms with Gasteiger partial charge >= 0.3 is 0 Å². The summed E-state index contributed by atoms with van der Waals surface area (Å²) in [4.78, 5) is 17.1. The van der Waals surface area contributed by atoms with E-state index in [1.54, 1.807) is 12.4 Å². The van der Waals surface area contributed by atoms with Gasteiger partial charge in [0.15, 0.2) is 0 Å². The van der Waals surface area contributed by atoms with E-state index in [0.29, 0.717) is 6.54 Å². The zero-order valence-corrected chi connectivity index (χ0v) is 10.2. The van der Waals surface area contributed by atoms with E-state index in [2.05, 4.69) is 11.9 Å². The SMILES string of the molecule is CCCCN(CC(N)=O)c1cnccc1CN. The minimum atomic E-state index is -0.340. The summed E-state index contributed by atoms with van der Waals surface area (Å²) in [5, 5.41) is 0. The lowest BCUT2D eigenvalue weighted by Gasteiger charge is -2.24. The van der Waals surface area contributed by atoms with E-state index < -0.39 is 0 Å². The monoisotopic (exact) mass is 236 g/mol. The van der Waals surface area contributed by atoms with E-state index in [-0.39, 0.29) is 12.5 Å². The molecular formula is C12H20N4O. The molecule has 0 aliphatic rings. The summed E-state index contributed by atoms with van der Waals surface area (Å²) in [6.45, 7) is 3.53. The fourth-order valence-corrected chi connectivity index (χ4v) is 1.69. The number of nitrogens with two attached hydrogens (primary N) is 2. The summed E-state index contributed by atoms with van der Waals surface area (Å²) in [6.07, 6.45) is 5.51. The van der Waals surface area contributed by atoms with Gasteiger partial charge < -0.3 is 16.4 Å². The van der Waals surface area contributed by atoms with Crippen LogP contribution in [-0.4, -0.2) is 24.0 Å². The van der Waals surface area contributed by atoms with Crippen molar-refractivity contribution in [1.82, 2.24) is 4.98 Å². The van der Waals surface area contributed by atoms with E-state index in [1.807, 2.05) is 11.0 Å². The molecule has 0 unspecified atom stereocenters. The van der Waals surface area contributed by atoms with Crippen molar-refractivity contribution >= 4 is 11.6 Å². The highest BCUT2D eigenvalue weighted by Crippen LogP contribution is 2.18. The van der Waals surface area contributed by atoms with Crippen LogP contribution in [0.1, 0.15) is 25.3 Å². The lowest BCUT2D eigenvalue weighted by molar-refractivity contribution is -0.116. The topological polar surface area (TPSA) is 85.2 Å². The first-order valence-corrected chi connectivity index (χ1v) is 5.85. The van der Waals surface area contributed by atoms with Crippen molar-refractivity contribution in [3.05, 3.63) is 24.0 Å². The number of unbranched alkanes of at least 4 members (excludes halogenated alkanes) is 1. The predicted molar refractivity (Wildman–Crippen MR) is 68.4 cm³/mol. The quantitative estimate of drug-likeness (QED) is 0.727. The number of primary amides is 1. The first-order chi connectivity index (χ1) is 8.19. The van der Waals surface area contributed by atoms with Crippen LogP contribution in [0.15, 0.2) is 18.5 Å². The van der Waals surface area contributed by atoms with Crippen molar-refractivity contribution in [2.24, 2.45) is 11.5 Å². The van der Waals surface area contributed by atoms with Crippen LogP contribution in [0.3, 0.4) is 0 Å². The van der Waals surface area contributed by atoms with Crippen molar-refractivity contribution in [3.63, 3.8) is 0 Å². The first-order valence-electron chi connectivity index (χ1n) is 5.85. The molecule has 0 saturated heterocycles. The molecule has 0 spiro atoms. The normalized spacial score (nSPS) is 10.2. The van der Waals surface area contributed by atoms with Gasteiger partial charge in [0, 0.05) is 19.3 Å². The molecule has 0 aliphatic heterocycles. The molecule has 5 nitrogen and oxygen atoms in total. The van der Waals surface area contributed by atoms with Crippen LogP contribution in [0.2, 0.25) is 0 Å². The molecule has 4 N–H and O–H groups in total. The summed E-state index contributed by atoms with van der Waals surface area (Å²) in [7, 11) is 0. The van der Waals surface area contributed by atoms with Crippen LogP contribution in [0.4, 0.5) is 5.69 Å². The third kappa shape index (κ3) is 4.03. The molecule has 0 radical (unpaired) electrons. The molecule has 94 valence electrons. The fraction of sp³-hybridized carbons (Fsp3) is 0.500. The van der Waals surface area contributed by atoms with Gasteiger partial charge in [-0.1, -0.05) is 13.3 Å². The van der Waals surface area contributed by atoms with Gasteiger partial charge in [0.1, 0.15) is 0 Å². The number of hydrogen-bond acceptors (Lipinski definition) is 4. The Labute approximate surface area is 102 Å². The number of rotatable bonds is 7. The van der Waals surface area contributed by atoms with Gasteiger partial charge in [-0.3, -0.25) is 9.78 Å². The second kappa shape index (κ2) is 6.85. The number of carbonyl (C=O) groups is 1. The number of pyridine rings is 1. The third-order valence-electron chi connectivity index (χ3n) is 2.58. The molecule has 0 aliphatic carbocycles. The standard InChI is InChI=1S/C12H20N4O/c1-2-3-6-16(9-12(14)17)11-8-15-5-4-10(11)7-13/h4-5,8H,2-3,6-7,9,13H2,1H3,(H2,14,17). The highest BCUT2D eigenvalue weighted by Gasteiger charge is 2.12. The maximum atomic E-state index is 11.1. The lowest BCUT2D eigenvalue weighted by Crippen LogP contribution is -2.35. The van der Waals surface area contributed by atoms with Crippen molar-refractivity contribution in [3.8, 4) is 0 Å². The Morgan fingerprint density at radius 2 is 2.29 bits per heavy atom. The Morgan fingerprint density at radius 1 is 1.53 bits per heavy atom. The third-order valence-corrected chi connectivity index (χ3v) is 2.58. The minimum Gasteiger partial charge on any atom is -0.368 e. The van der Waals surface area contributed by atoms with Gasteiger partial charge in [-0.2, -0.15) is 0 Å². The van der Waals surface area contributed by atoms with Crippen LogP contribution in [-0.2, 0) is 11.3 Å². The molecule has 0 fully saturated rings. The second-order valence-corrected chi connectivity index (χ2v) is 3.95. The van der Waals surface area contributed by atoms with Crippen LogP contribution >= 0.6 is 0 Å². The number of amides is 1. The lowest BCUT2D eigenvalue weighted by atomic mass is 10.2. The van der Waals surface area contributed by atoms with Crippen molar-refractivity contribution in [2.45, 2.75) is 26.3 Å². The molecule has 0 aromatic carbocycles. The van der Waals surface area contributed by atoms with Gasteiger partial charge in [0.05, 0.1) is 18.4 Å². The van der Waals surface area contributed by atoms with Gasteiger partial charge in [0.2, 0.25) is 5.91 Å². The first kappa shape index (κ1) is 13.4. The molecule has 5 heteroatoms. The summed E-state index contributed by atoms with van der Waals surface area (Å²) >= 11 is 0. The number of aromatic nitrogens is 1. The van der Waals surface area contributed by atoms with E-state index >= 15 is 0 Å². The van der Waals surface area contributed by atoms with E-state index in [1.165, 1.54) is 0 Å². The zero-order chi connectivity index (χ0) is 12.7.